The van der Waals surface area contributed by atoms with Gasteiger partial charge in [-0.1, -0.05) is 18.2 Å². The lowest BCUT2D eigenvalue weighted by Gasteiger charge is -2.11. The summed E-state index contributed by atoms with van der Waals surface area (Å²) in [6.45, 7) is 0. The largest absolute Gasteiger partial charge is 0.456 e. The predicted octanol–water partition coefficient (Wildman–Crippen LogP) is 4.63. The zero-order valence-corrected chi connectivity index (χ0v) is 15.1. The Kier molecular flexibility index (Phi) is 4.52. The fourth-order valence-corrected chi connectivity index (χ4v) is 2.78. The normalized spacial score (nSPS) is 11.3. The molecule has 3 rings (SSSR count). The van der Waals surface area contributed by atoms with Crippen molar-refractivity contribution in [3.63, 3.8) is 0 Å². The number of hydrogen-bond donors (Lipinski definition) is 0. The Morgan fingerprint density at radius 1 is 1.00 bits per heavy atom. The van der Waals surface area contributed by atoms with Crippen LogP contribution in [-0.2, 0) is 0 Å². The Morgan fingerprint density at radius 2 is 1.74 bits per heavy atom. The average molecular weight is 417 g/mol. The maximum Gasteiger partial charge on any atom is 0.193 e. The number of anilines is 1. The van der Waals surface area contributed by atoms with Crippen molar-refractivity contribution in [2.45, 2.75) is 0 Å². The first-order chi connectivity index (χ1) is 11.0. The van der Waals surface area contributed by atoms with Crippen molar-refractivity contribution < 1.29 is 4.42 Å². The van der Waals surface area contributed by atoms with Gasteiger partial charge in [0.05, 0.1) is 5.39 Å². The predicted molar refractivity (Wildman–Crippen MR) is 105 cm³/mol. The SMILES string of the molecule is CN(C)c1ccc(/C=C/c2cc(=O)c3cc(I)ccc3o2)cc1. The van der Waals surface area contributed by atoms with Crippen LogP contribution in [0.2, 0.25) is 0 Å². The second-order valence-electron chi connectivity index (χ2n) is 5.47. The maximum absolute atomic E-state index is 12.2. The summed E-state index contributed by atoms with van der Waals surface area (Å²) in [7, 11) is 4.02. The number of halogens is 1. The molecule has 0 aliphatic carbocycles. The van der Waals surface area contributed by atoms with E-state index in [1.807, 2.05) is 56.6 Å². The Morgan fingerprint density at radius 3 is 2.43 bits per heavy atom. The van der Waals surface area contributed by atoms with Crippen LogP contribution in [0.15, 0.2) is 57.7 Å². The molecular formula is C19H16INO2. The molecule has 0 unspecified atom stereocenters. The summed E-state index contributed by atoms with van der Waals surface area (Å²) in [5.74, 6) is 0.556. The van der Waals surface area contributed by atoms with E-state index < -0.39 is 0 Å². The highest BCUT2D eigenvalue weighted by Crippen LogP contribution is 2.18. The van der Waals surface area contributed by atoms with Gasteiger partial charge < -0.3 is 9.32 Å². The van der Waals surface area contributed by atoms with Gasteiger partial charge in [0.25, 0.3) is 0 Å². The molecule has 0 saturated carbocycles. The summed E-state index contributed by atoms with van der Waals surface area (Å²) in [4.78, 5) is 14.2. The van der Waals surface area contributed by atoms with E-state index in [0.29, 0.717) is 16.7 Å². The van der Waals surface area contributed by atoms with E-state index >= 15 is 0 Å². The first-order valence-electron chi connectivity index (χ1n) is 7.22. The molecule has 0 saturated heterocycles. The van der Waals surface area contributed by atoms with E-state index in [1.165, 1.54) is 6.07 Å². The molecule has 1 heterocycles. The van der Waals surface area contributed by atoms with Gasteiger partial charge in [-0.3, -0.25) is 4.79 Å². The van der Waals surface area contributed by atoms with E-state index in [-0.39, 0.29) is 5.43 Å². The molecule has 0 atom stereocenters. The Hall–Kier alpha value is -2.08. The van der Waals surface area contributed by atoms with Crippen LogP contribution in [0.1, 0.15) is 11.3 Å². The molecule has 0 radical (unpaired) electrons. The number of benzene rings is 2. The summed E-state index contributed by atoms with van der Waals surface area (Å²) in [5, 5.41) is 0.615. The van der Waals surface area contributed by atoms with E-state index in [9.17, 15) is 4.79 Å². The molecule has 4 heteroatoms. The Bertz CT molecular complexity index is 924. The standard InChI is InChI=1S/C19H16INO2/c1-21(2)15-7-3-13(4-8-15)5-9-16-12-18(22)17-11-14(20)6-10-19(17)23-16/h3-12H,1-2H3/b9-5+. The van der Waals surface area contributed by atoms with Crippen LogP contribution in [-0.4, -0.2) is 14.1 Å². The van der Waals surface area contributed by atoms with Gasteiger partial charge in [-0.2, -0.15) is 0 Å². The lowest BCUT2D eigenvalue weighted by Crippen LogP contribution is -2.07. The fourth-order valence-electron chi connectivity index (χ4n) is 2.29. The first kappa shape index (κ1) is 15.8. The minimum absolute atomic E-state index is 0.0210. The van der Waals surface area contributed by atoms with Crippen molar-refractivity contribution in [2.75, 3.05) is 19.0 Å². The van der Waals surface area contributed by atoms with Gasteiger partial charge in [-0.25, -0.2) is 0 Å². The van der Waals surface area contributed by atoms with Crippen LogP contribution in [0.5, 0.6) is 0 Å². The van der Waals surface area contributed by atoms with Gasteiger partial charge in [0.15, 0.2) is 5.43 Å². The summed E-state index contributed by atoms with van der Waals surface area (Å²) in [5.41, 5.74) is 2.79. The second kappa shape index (κ2) is 6.58. The molecule has 0 aliphatic rings. The van der Waals surface area contributed by atoms with Crippen LogP contribution in [0.4, 0.5) is 5.69 Å². The third-order valence-electron chi connectivity index (χ3n) is 3.56. The highest BCUT2D eigenvalue weighted by atomic mass is 127. The molecule has 2 aromatic carbocycles. The first-order valence-corrected chi connectivity index (χ1v) is 8.30. The molecule has 0 amide bonds. The molecule has 3 aromatic rings. The van der Waals surface area contributed by atoms with E-state index in [0.717, 1.165) is 14.8 Å². The highest BCUT2D eigenvalue weighted by molar-refractivity contribution is 14.1. The van der Waals surface area contributed by atoms with Crippen LogP contribution in [0.3, 0.4) is 0 Å². The zero-order chi connectivity index (χ0) is 16.4. The van der Waals surface area contributed by atoms with Crippen LogP contribution < -0.4 is 10.3 Å². The van der Waals surface area contributed by atoms with Crippen molar-refractivity contribution in [2.24, 2.45) is 0 Å². The van der Waals surface area contributed by atoms with Crippen LogP contribution in [0, 0.1) is 3.57 Å². The molecule has 0 spiro atoms. The lowest BCUT2D eigenvalue weighted by molar-refractivity contribution is 0.591. The van der Waals surface area contributed by atoms with E-state index in [2.05, 4.69) is 39.6 Å². The second-order valence-corrected chi connectivity index (χ2v) is 6.72. The Labute approximate surface area is 148 Å². The fraction of sp³-hybridized carbons (Fsp3) is 0.105. The minimum atomic E-state index is -0.0210. The smallest absolute Gasteiger partial charge is 0.193 e. The third-order valence-corrected chi connectivity index (χ3v) is 4.23. The van der Waals surface area contributed by atoms with Crippen molar-refractivity contribution >= 4 is 51.4 Å². The van der Waals surface area contributed by atoms with Gasteiger partial charge in [-0.05, 0) is 64.6 Å². The third kappa shape index (κ3) is 3.64. The van der Waals surface area contributed by atoms with Crippen molar-refractivity contribution in [3.8, 4) is 0 Å². The van der Waals surface area contributed by atoms with Gasteiger partial charge in [0.2, 0.25) is 0 Å². The van der Waals surface area contributed by atoms with E-state index in [4.69, 9.17) is 4.42 Å². The molecule has 1 aromatic heterocycles. The minimum Gasteiger partial charge on any atom is -0.456 e. The van der Waals surface area contributed by atoms with Gasteiger partial charge in [0.1, 0.15) is 11.3 Å². The van der Waals surface area contributed by atoms with Gasteiger partial charge in [0, 0.05) is 29.4 Å². The van der Waals surface area contributed by atoms with Crippen LogP contribution in [0.25, 0.3) is 23.1 Å². The molecule has 23 heavy (non-hydrogen) atoms. The van der Waals surface area contributed by atoms with Crippen molar-refractivity contribution in [1.29, 1.82) is 0 Å². The number of fused-ring (bicyclic) bond motifs is 1. The monoisotopic (exact) mass is 417 g/mol. The summed E-state index contributed by atoms with van der Waals surface area (Å²) in [6, 6.07) is 15.3. The zero-order valence-electron chi connectivity index (χ0n) is 12.9. The van der Waals surface area contributed by atoms with Crippen molar-refractivity contribution in [3.05, 3.63) is 73.6 Å². The average Bonchev–Trinajstić information content (AvgIpc) is 2.54. The molecule has 116 valence electrons. The maximum atomic E-state index is 12.2. The molecule has 0 fully saturated rings. The van der Waals surface area contributed by atoms with E-state index in [1.54, 1.807) is 0 Å². The summed E-state index contributed by atoms with van der Waals surface area (Å²) in [6.07, 6.45) is 3.76. The van der Waals surface area contributed by atoms with Gasteiger partial charge >= 0.3 is 0 Å². The molecule has 0 N–H and O–H groups in total. The van der Waals surface area contributed by atoms with Crippen molar-refractivity contribution in [1.82, 2.24) is 0 Å². The summed E-state index contributed by atoms with van der Waals surface area (Å²) >= 11 is 2.19. The van der Waals surface area contributed by atoms with Gasteiger partial charge in [-0.15, -0.1) is 0 Å². The highest BCUT2D eigenvalue weighted by Gasteiger charge is 2.03. The molecule has 3 nitrogen and oxygen atoms in total. The molecule has 0 aliphatic heterocycles. The molecule has 0 bridgehead atoms. The molecular weight excluding hydrogens is 401 g/mol. The van der Waals surface area contributed by atoms with Crippen LogP contribution >= 0.6 is 22.6 Å². The number of nitrogens with zero attached hydrogens (tertiary/aromatic N) is 1. The summed E-state index contributed by atoms with van der Waals surface area (Å²) < 4.78 is 6.80. The quantitative estimate of drug-likeness (QED) is 0.583. The number of rotatable bonds is 3. The number of hydrogen-bond acceptors (Lipinski definition) is 3. The lowest BCUT2D eigenvalue weighted by atomic mass is 10.1. The Balaban J connectivity index is 1.91. The topological polar surface area (TPSA) is 33.5 Å².